The van der Waals surface area contributed by atoms with Crippen LogP contribution in [0.3, 0.4) is 0 Å². The van der Waals surface area contributed by atoms with Crippen molar-refractivity contribution >= 4 is 0 Å². The average molecular weight is 251 g/mol. The molecule has 18 heavy (non-hydrogen) atoms. The number of nitrogens with one attached hydrogen (secondary N) is 1. The van der Waals surface area contributed by atoms with E-state index in [2.05, 4.69) is 20.6 Å². The first kappa shape index (κ1) is 12.6. The Hall–Kier alpha value is -1.89. The standard InChI is InChI=1S/C11H17N5O2/c1-7-9(11(17-4)16(3)14-7)5-12-6-10-13-8(2)15-18-10/h12H,5-6H2,1-4H3. The van der Waals surface area contributed by atoms with Gasteiger partial charge in [-0.2, -0.15) is 10.1 Å². The first-order valence-electron chi connectivity index (χ1n) is 5.68. The summed E-state index contributed by atoms with van der Waals surface area (Å²) >= 11 is 0. The molecule has 2 aromatic heterocycles. The summed E-state index contributed by atoms with van der Waals surface area (Å²) in [7, 11) is 3.50. The van der Waals surface area contributed by atoms with Crippen molar-refractivity contribution in [3.8, 4) is 5.88 Å². The highest BCUT2D eigenvalue weighted by Gasteiger charge is 2.13. The molecular weight excluding hydrogens is 234 g/mol. The van der Waals surface area contributed by atoms with Crippen LogP contribution in [0.2, 0.25) is 0 Å². The summed E-state index contributed by atoms with van der Waals surface area (Å²) in [6.07, 6.45) is 0. The third kappa shape index (κ3) is 2.51. The summed E-state index contributed by atoms with van der Waals surface area (Å²) < 4.78 is 12.1. The van der Waals surface area contributed by atoms with Crippen LogP contribution in [0, 0.1) is 13.8 Å². The van der Waals surface area contributed by atoms with Gasteiger partial charge in [0.2, 0.25) is 11.8 Å². The van der Waals surface area contributed by atoms with Gasteiger partial charge < -0.3 is 14.6 Å². The highest BCUT2D eigenvalue weighted by atomic mass is 16.5. The van der Waals surface area contributed by atoms with E-state index in [0.717, 1.165) is 17.1 Å². The maximum absolute atomic E-state index is 5.31. The van der Waals surface area contributed by atoms with Crippen molar-refractivity contribution in [2.24, 2.45) is 7.05 Å². The summed E-state index contributed by atoms with van der Waals surface area (Å²) in [4.78, 5) is 4.12. The number of hydrogen-bond donors (Lipinski definition) is 1. The van der Waals surface area contributed by atoms with Crippen LogP contribution in [0.15, 0.2) is 4.52 Å². The van der Waals surface area contributed by atoms with Gasteiger partial charge in [-0.25, -0.2) is 4.68 Å². The molecule has 0 saturated carbocycles. The SMILES string of the molecule is COc1c(CNCc2nc(C)no2)c(C)nn1C. The Labute approximate surface area is 105 Å². The number of aryl methyl sites for hydroxylation is 3. The molecule has 0 atom stereocenters. The third-order valence-electron chi connectivity index (χ3n) is 2.63. The normalized spacial score (nSPS) is 10.9. The van der Waals surface area contributed by atoms with Crippen molar-refractivity contribution < 1.29 is 9.26 Å². The minimum atomic E-state index is 0.526. The van der Waals surface area contributed by atoms with Gasteiger partial charge in [-0.1, -0.05) is 5.16 Å². The lowest BCUT2D eigenvalue weighted by Gasteiger charge is -2.05. The second-order valence-electron chi connectivity index (χ2n) is 4.04. The van der Waals surface area contributed by atoms with E-state index < -0.39 is 0 Å². The molecule has 0 unspecified atom stereocenters. The number of hydrogen-bond acceptors (Lipinski definition) is 6. The average Bonchev–Trinajstić information content (AvgIpc) is 2.84. The Morgan fingerprint density at radius 2 is 2.11 bits per heavy atom. The number of rotatable bonds is 5. The van der Waals surface area contributed by atoms with Crippen LogP contribution in [0.25, 0.3) is 0 Å². The van der Waals surface area contributed by atoms with E-state index >= 15 is 0 Å². The molecule has 98 valence electrons. The molecule has 0 aromatic carbocycles. The van der Waals surface area contributed by atoms with E-state index in [4.69, 9.17) is 9.26 Å². The van der Waals surface area contributed by atoms with E-state index in [1.54, 1.807) is 18.7 Å². The smallest absolute Gasteiger partial charge is 0.240 e. The lowest BCUT2D eigenvalue weighted by molar-refractivity contribution is 0.357. The van der Waals surface area contributed by atoms with Crippen molar-refractivity contribution in [3.05, 3.63) is 23.0 Å². The Bertz CT molecular complexity index is 532. The summed E-state index contributed by atoms with van der Waals surface area (Å²) in [6, 6.07) is 0. The zero-order valence-electron chi connectivity index (χ0n) is 11.0. The third-order valence-corrected chi connectivity index (χ3v) is 2.63. The Morgan fingerprint density at radius 3 is 2.72 bits per heavy atom. The fraction of sp³-hybridized carbons (Fsp3) is 0.545. The summed E-state index contributed by atoms with van der Waals surface area (Å²) in [5.74, 6) is 1.98. The fourth-order valence-corrected chi connectivity index (χ4v) is 1.85. The highest BCUT2D eigenvalue weighted by Crippen LogP contribution is 2.20. The maximum atomic E-state index is 5.31. The van der Waals surface area contributed by atoms with Gasteiger partial charge in [-0.15, -0.1) is 0 Å². The zero-order valence-corrected chi connectivity index (χ0v) is 11.0. The van der Waals surface area contributed by atoms with Crippen LogP contribution < -0.4 is 10.1 Å². The van der Waals surface area contributed by atoms with Crippen molar-refractivity contribution in [2.75, 3.05) is 7.11 Å². The first-order chi connectivity index (χ1) is 8.61. The maximum Gasteiger partial charge on any atom is 0.240 e. The second-order valence-corrected chi connectivity index (χ2v) is 4.04. The quantitative estimate of drug-likeness (QED) is 0.843. The topological polar surface area (TPSA) is 78.0 Å². The molecule has 7 heteroatoms. The highest BCUT2D eigenvalue weighted by molar-refractivity contribution is 5.30. The summed E-state index contributed by atoms with van der Waals surface area (Å²) in [5, 5.41) is 11.3. The molecule has 0 fully saturated rings. The Kier molecular flexibility index (Phi) is 3.61. The molecular formula is C11H17N5O2. The van der Waals surface area contributed by atoms with E-state index in [1.807, 2.05) is 14.0 Å². The van der Waals surface area contributed by atoms with Gasteiger partial charge in [0.1, 0.15) is 0 Å². The number of nitrogens with zero attached hydrogens (tertiary/aromatic N) is 4. The number of ether oxygens (including phenoxy) is 1. The molecule has 0 spiro atoms. The predicted octanol–water partition coefficient (Wildman–Crippen LogP) is 0.718. The molecule has 0 aliphatic rings. The predicted molar refractivity (Wildman–Crippen MR) is 64.1 cm³/mol. The van der Waals surface area contributed by atoms with Crippen molar-refractivity contribution in [1.29, 1.82) is 0 Å². The number of methoxy groups -OCH3 is 1. The molecule has 0 amide bonds. The minimum Gasteiger partial charge on any atom is -0.481 e. The monoisotopic (exact) mass is 251 g/mol. The molecule has 0 aliphatic carbocycles. The van der Waals surface area contributed by atoms with Gasteiger partial charge in [0.15, 0.2) is 5.82 Å². The van der Waals surface area contributed by atoms with E-state index in [1.165, 1.54) is 0 Å². The Balaban J connectivity index is 1.98. The molecule has 2 aromatic rings. The fourth-order valence-electron chi connectivity index (χ4n) is 1.85. The zero-order chi connectivity index (χ0) is 13.1. The minimum absolute atomic E-state index is 0.526. The number of aromatic nitrogens is 4. The molecule has 2 heterocycles. The summed E-state index contributed by atoms with van der Waals surface area (Å²) in [6.45, 7) is 4.92. The van der Waals surface area contributed by atoms with E-state index in [0.29, 0.717) is 24.8 Å². The van der Waals surface area contributed by atoms with Crippen LogP contribution in [-0.4, -0.2) is 27.0 Å². The Morgan fingerprint density at radius 1 is 1.33 bits per heavy atom. The van der Waals surface area contributed by atoms with Crippen molar-refractivity contribution in [1.82, 2.24) is 25.2 Å². The second kappa shape index (κ2) is 5.18. The van der Waals surface area contributed by atoms with Crippen LogP contribution in [0.5, 0.6) is 5.88 Å². The largest absolute Gasteiger partial charge is 0.481 e. The van der Waals surface area contributed by atoms with Gasteiger partial charge in [-0.05, 0) is 13.8 Å². The van der Waals surface area contributed by atoms with Gasteiger partial charge in [0, 0.05) is 13.6 Å². The van der Waals surface area contributed by atoms with Gasteiger partial charge in [-0.3, -0.25) is 0 Å². The molecule has 2 rings (SSSR count). The van der Waals surface area contributed by atoms with Gasteiger partial charge in [0.05, 0.1) is 24.9 Å². The van der Waals surface area contributed by atoms with Crippen LogP contribution >= 0.6 is 0 Å². The van der Waals surface area contributed by atoms with Crippen LogP contribution in [0.1, 0.15) is 23.0 Å². The van der Waals surface area contributed by atoms with Crippen molar-refractivity contribution in [3.63, 3.8) is 0 Å². The molecule has 0 saturated heterocycles. The lowest BCUT2D eigenvalue weighted by atomic mass is 10.2. The van der Waals surface area contributed by atoms with Crippen LogP contribution in [0.4, 0.5) is 0 Å². The molecule has 7 nitrogen and oxygen atoms in total. The summed E-state index contributed by atoms with van der Waals surface area (Å²) in [5.41, 5.74) is 1.99. The van der Waals surface area contributed by atoms with Gasteiger partial charge >= 0.3 is 0 Å². The molecule has 0 radical (unpaired) electrons. The molecule has 0 bridgehead atoms. The van der Waals surface area contributed by atoms with Gasteiger partial charge in [0.25, 0.3) is 0 Å². The first-order valence-corrected chi connectivity index (χ1v) is 5.68. The molecule has 1 N–H and O–H groups in total. The van der Waals surface area contributed by atoms with Crippen LogP contribution in [-0.2, 0) is 20.1 Å². The van der Waals surface area contributed by atoms with E-state index in [9.17, 15) is 0 Å². The lowest BCUT2D eigenvalue weighted by Crippen LogP contribution is -2.14. The van der Waals surface area contributed by atoms with E-state index in [-0.39, 0.29) is 0 Å². The molecule has 0 aliphatic heterocycles. The van der Waals surface area contributed by atoms with Crippen molar-refractivity contribution in [2.45, 2.75) is 26.9 Å².